The van der Waals surface area contributed by atoms with Crippen molar-refractivity contribution in [1.29, 1.82) is 0 Å². The minimum Gasteiger partial charge on any atom is -0.917 e. The van der Waals surface area contributed by atoms with Crippen molar-refractivity contribution in [2.24, 2.45) is 23.5 Å². The first-order valence-electron chi connectivity index (χ1n) is 13.7. The molecule has 50 heavy (non-hydrogen) atoms. The van der Waals surface area contributed by atoms with E-state index in [9.17, 15) is 29.8 Å². The number of aliphatic hydroxyl groups is 1. The average Bonchev–Trinajstić information content (AvgIpc) is 2.89. The molecule has 0 aromatic heterocycles. The topological polar surface area (TPSA) is 258 Å². The van der Waals surface area contributed by atoms with Gasteiger partial charge < -0.3 is 28.4 Å². The maximum atomic E-state index is 10.6. The molecule has 0 aliphatic carbocycles. The molecule has 4 N–H and O–H groups in total. The van der Waals surface area contributed by atoms with Gasteiger partial charge in [0.05, 0.1) is 28.7 Å². The molecule has 0 aliphatic heterocycles. The summed E-state index contributed by atoms with van der Waals surface area (Å²) in [7, 11) is -14.3. The summed E-state index contributed by atoms with van der Waals surface area (Å²) in [6, 6.07) is -0.447. The quantitative estimate of drug-likeness (QED) is 0.0338. The first-order chi connectivity index (χ1) is 20.9. The van der Waals surface area contributed by atoms with Crippen molar-refractivity contribution in [1.82, 2.24) is 0 Å². The smallest absolute Gasteiger partial charge is 0.917 e. The largest absolute Gasteiger partial charge is 1.00 e. The van der Waals surface area contributed by atoms with E-state index in [1.165, 1.54) is 5.75 Å². The van der Waals surface area contributed by atoms with Gasteiger partial charge in [-0.15, -0.1) is 12.4 Å². The molecule has 0 fully saturated rings. The third kappa shape index (κ3) is 93.8. The maximum absolute atomic E-state index is 10.6. The molecule has 0 aliphatic rings. The minimum atomic E-state index is -4.01. The van der Waals surface area contributed by atoms with E-state index >= 15 is 0 Å². The van der Waals surface area contributed by atoms with Gasteiger partial charge in [-0.3, -0.25) is 8.74 Å². The summed E-state index contributed by atoms with van der Waals surface area (Å²) in [5.41, 5.74) is 5.39. The fraction of sp³-hybridized carbons (Fsp3) is 1.00. The molecule has 0 amide bonds. The van der Waals surface area contributed by atoms with Gasteiger partial charge in [0.2, 0.25) is 0 Å². The summed E-state index contributed by atoms with van der Waals surface area (Å²) in [4.78, 5) is 0. The van der Waals surface area contributed by atoms with Crippen molar-refractivity contribution in [3.8, 4) is 0 Å². The van der Waals surface area contributed by atoms with Crippen molar-refractivity contribution in [2.75, 3.05) is 79.0 Å². The van der Waals surface area contributed by atoms with Gasteiger partial charge in [0.1, 0.15) is 0 Å². The van der Waals surface area contributed by atoms with Gasteiger partial charge in [0.25, 0.3) is 20.2 Å². The normalized spacial score (nSPS) is 12.9. The molecule has 294 valence electrons. The van der Waals surface area contributed by atoms with Crippen molar-refractivity contribution in [3.63, 3.8) is 0 Å². The number of hydrogen-bond acceptors (Lipinski definition) is 18. The van der Waals surface area contributed by atoms with E-state index in [1.54, 1.807) is 42.2 Å². The van der Waals surface area contributed by atoms with Crippen LogP contribution in [0, 0.1) is 17.8 Å². The first kappa shape index (κ1) is 75.1. The number of thioether (sulfide) groups is 4. The standard InChI is InChI=1S/C7H16O3S2.C6H14O3S2.C6H14OS.C5H13NO3S2.ClH.3Na.O3S/c1-7(4-5-11-2)6-10-12(3,8)9;1-6(3-4-10-2)5-11(7,8)9;1-6(5-7)3-4-8-2;1-10-3-2-5(6)4-11(7,8)9;;;;;1-4(2)3/h7H,4-6H2,1-3H3;6H,3-5H2,1-2H3,(H,7,8,9);6-7H,3-5H2,1-2H3;5H,2-4,6H2,1H3,(H,7,8,9);1H;;;;/q;;;;;3*+1;-2/p-1/t7-;2*6-;5-;;;;;/m0000...../s1. The van der Waals surface area contributed by atoms with Crippen LogP contribution in [-0.2, 0) is 53.9 Å². The number of halogens is 1. The molecule has 26 heteroatoms. The van der Waals surface area contributed by atoms with Gasteiger partial charge in [-0.25, -0.2) is 8.42 Å². The summed E-state index contributed by atoms with van der Waals surface area (Å²) in [5.74, 6) is 4.17. The van der Waals surface area contributed by atoms with Crippen molar-refractivity contribution >= 4 is 101 Å². The number of hydrogen-bond donors (Lipinski definition) is 3. The molecule has 0 rings (SSSR count). The van der Waals surface area contributed by atoms with Crippen LogP contribution in [-0.4, -0.2) is 129 Å². The van der Waals surface area contributed by atoms with Crippen LogP contribution in [0.2, 0.25) is 0 Å². The zero-order valence-corrected chi connectivity index (χ0v) is 44.8. The minimum absolute atomic E-state index is 0. The number of rotatable bonds is 20. The van der Waals surface area contributed by atoms with Gasteiger partial charge >= 0.3 is 88.7 Å². The first-order valence-corrected chi connectivity index (χ1v) is 25.3. The summed E-state index contributed by atoms with van der Waals surface area (Å²) in [5, 5.41) is 8.55. The van der Waals surface area contributed by atoms with Crippen LogP contribution >= 0.6 is 59.5 Å². The zero-order valence-electron chi connectivity index (χ0n) is 31.4. The Hall–Kier alpha value is 4.25. The SMILES string of the molecule is CSCC[C@H](C)CO.CSCC[C@H](C)COS(C)(=O)=O.CSCC[C@H](C)CS(=O)(=O)[O-].CSCC[C@H](N)CS(=O)(=O)O.Cl.O=[S-](=O)[O-].[Na+].[Na+].[Na+]. The van der Waals surface area contributed by atoms with Crippen molar-refractivity contribution in [3.05, 3.63) is 0 Å². The Balaban J connectivity index is -0.0000000606. The van der Waals surface area contributed by atoms with E-state index in [0.29, 0.717) is 31.5 Å². The maximum Gasteiger partial charge on any atom is 1.00 e. The molecule has 14 nitrogen and oxygen atoms in total. The van der Waals surface area contributed by atoms with Gasteiger partial charge in [0, 0.05) is 18.4 Å². The monoisotopic (exact) mass is 927 g/mol. The van der Waals surface area contributed by atoms with E-state index in [0.717, 1.165) is 42.8 Å². The molecule has 0 saturated carbocycles. The molecule has 0 spiro atoms. The van der Waals surface area contributed by atoms with Gasteiger partial charge in [0.15, 0.2) is 0 Å². The molecule has 0 bridgehead atoms. The van der Waals surface area contributed by atoms with E-state index in [4.69, 9.17) is 28.4 Å². The average molecular weight is 929 g/mol. The third-order valence-electron chi connectivity index (χ3n) is 4.93. The Morgan fingerprint density at radius 3 is 1.32 bits per heavy atom. The fourth-order valence-electron chi connectivity index (χ4n) is 2.43. The second-order valence-corrected chi connectivity index (χ2v) is 19.0. The van der Waals surface area contributed by atoms with Crippen molar-refractivity contribution in [2.45, 2.75) is 52.5 Å². The molecular weight excluding hydrogens is 871 g/mol. The van der Waals surface area contributed by atoms with E-state index in [-0.39, 0.29) is 119 Å². The van der Waals surface area contributed by atoms with Crippen LogP contribution in [0.25, 0.3) is 0 Å². The molecule has 0 unspecified atom stereocenters. The summed E-state index contributed by atoms with van der Waals surface area (Å²) >= 11 is 6.85. The van der Waals surface area contributed by atoms with Gasteiger partial charge in [-0.1, -0.05) is 20.8 Å². The second-order valence-electron chi connectivity index (χ2n) is 10.0. The van der Waals surface area contributed by atoms with Crippen LogP contribution in [0.3, 0.4) is 0 Å². The molecule has 0 radical (unpaired) electrons. The zero-order chi connectivity index (χ0) is 37.4. The van der Waals surface area contributed by atoms with Crippen LogP contribution in [0.15, 0.2) is 0 Å². The van der Waals surface area contributed by atoms with Gasteiger partial charge in [-0.05, 0) is 91.5 Å². The van der Waals surface area contributed by atoms with Crippen molar-refractivity contribution < 1.29 is 145 Å². The molecule has 0 aromatic rings. The van der Waals surface area contributed by atoms with Crippen LogP contribution < -0.4 is 94.4 Å². The Morgan fingerprint density at radius 1 is 0.720 bits per heavy atom. The van der Waals surface area contributed by atoms with Crippen LogP contribution in [0.4, 0.5) is 0 Å². The Morgan fingerprint density at radius 2 is 1.04 bits per heavy atom. The second kappa shape index (κ2) is 49.4. The Bertz CT molecular complexity index is 1030. The number of aliphatic hydroxyl groups excluding tert-OH is 1. The molecular formula is C24H57ClNNa3O13S8. The Labute approximate surface area is 395 Å². The number of nitrogens with two attached hydrogens (primary N) is 1. The summed E-state index contributed by atoms with van der Waals surface area (Å²) < 4.78 is 111. The molecule has 0 saturated heterocycles. The van der Waals surface area contributed by atoms with E-state index in [2.05, 4.69) is 17.4 Å². The van der Waals surface area contributed by atoms with Gasteiger partial charge in [-0.2, -0.15) is 74.9 Å². The third-order valence-corrected chi connectivity index (χ3v) is 9.90. The van der Waals surface area contributed by atoms with E-state index < -0.39 is 47.4 Å². The predicted molar refractivity (Wildman–Crippen MR) is 203 cm³/mol. The van der Waals surface area contributed by atoms with E-state index in [1.807, 2.05) is 37.5 Å². The molecule has 0 heterocycles. The predicted octanol–water partition coefficient (Wildman–Crippen LogP) is -5.55. The summed E-state index contributed by atoms with van der Waals surface area (Å²) in [6.07, 6.45) is 12.6. The Kier molecular flexibility index (Phi) is 74.2. The molecule has 0 aromatic carbocycles. The fourth-order valence-corrected chi connectivity index (χ4v) is 6.93. The van der Waals surface area contributed by atoms with Crippen LogP contribution in [0.1, 0.15) is 46.5 Å². The van der Waals surface area contributed by atoms with Crippen LogP contribution in [0.5, 0.6) is 0 Å². The summed E-state index contributed by atoms with van der Waals surface area (Å²) in [6.45, 7) is 6.48. The molecule has 4 atom stereocenters.